The third kappa shape index (κ3) is 3.35. The van der Waals surface area contributed by atoms with E-state index in [0.29, 0.717) is 32.3 Å². The van der Waals surface area contributed by atoms with E-state index < -0.39 is 0 Å². The molecule has 1 saturated heterocycles. The Kier molecular flexibility index (Phi) is 4.68. The molecule has 2 aliphatic carbocycles. The molecule has 32 heavy (non-hydrogen) atoms. The summed E-state index contributed by atoms with van der Waals surface area (Å²) in [6.07, 6.45) is 17.7. The molecule has 0 bridgehead atoms. The lowest BCUT2D eigenvalue weighted by Crippen LogP contribution is -2.40. The third-order valence-corrected chi connectivity index (χ3v) is 6.91. The summed E-state index contributed by atoms with van der Waals surface area (Å²) >= 11 is 0. The third-order valence-electron chi connectivity index (χ3n) is 6.91. The van der Waals surface area contributed by atoms with Crippen molar-refractivity contribution < 1.29 is 9.53 Å². The van der Waals surface area contributed by atoms with E-state index in [1.54, 1.807) is 0 Å². The van der Waals surface area contributed by atoms with E-state index in [1.165, 1.54) is 18.4 Å². The Balaban J connectivity index is 1.31. The second-order valence-electron chi connectivity index (χ2n) is 8.96. The number of nitrogens with zero attached hydrogens (tertiary/aromatic N) is 4. The largest absolute Gasteiger partial charge is 0.378 e. The number of carbonyl (C=O) groups is 1. The molecule has 6 nitrogen and oxygen atoms in total. The fourth-order valence-electron chi connectivity index (χ4n) is 4.90. The molecule has 2 aliphatic heterocycles. The van der Waals surface area contributed by atoms with Gasteiger partial charge in [0.1, 0.15) is 0 Å². The summed E-state index contributed by atoms with van der Waals surface area (Å²) < 4.78 is 5.40. The quantitative estimate of drug-likeness (QED) is 0.742. The first-order valence-corrected chi connectivity index (χ1v) is 11.4. The summed E-state index contributed by atoms with van der Waals surface area (Å²) in [6.45, 7) is 3.38. The molecule has 2 aromatic rings. The van der Waals surface area contributed by atoms with Crippen LogP contribution in [0.2, 0.25) is 0 Å². The van der Waals surface area contributed by atoms with Crippen molar-refractivity contribution in [2.75, 3.05) is 37.7 Å². The van der Waals surface area contributed by atoms with Gasteiger partial charge >= 0.3 is 0 Å². The first-order valence-electron chi connectivity index (χ1n) is 11.4. The number of benzene rings is 1. The number of carbonyl (C=O) groups excluding carboxylic acids is 1. The molecular weight excluding hydrogens is 400 g/mol. The van der Waals surface area contributed by atoms with E-state index in [0.717, 1.165) is 35.4 Å². The van der Waals surface area contributed by atoms with Crippen LogP contribution >= 0.6 is 0 Å². The smallest absolute Gasteiger partial charge is 0.254 e. The van der Waals surface area contributed by atoms with E-state index in [-0.39, 0.29) is 11.3 Å². The molecule has 1 spiro atoms. The number of amides is 1. The molecule has 0 radical (unpaired) electrons. The number of hydrogen-bond donors (Lipinski definition) is 0. The van der Waals surface area contributed by atoms with Crippen LogP contribution in [0.15, 0.2) is 61.0 Å². The molecule has 1 aromatic heterocycles. The maximum atomic E-state index is 13.1. The lowest BCUT2D eigenvalue weighted by molar-refractivity contribution is 0.0303. The minimum absolute atomic E-state index is 0.0733. The number of ether oxygens (including phenoxy) is 1. The molecule has 6 heteroatoms. The van der Waals surface area contributed by atoms with Crippen molar-refractivity contribution in [3.63, 3.8) is 0 Å². The zero-order valence-corrected chi connectivity index (χ0v) is 18.0. The average Bonchev–Trinajstić information content (AvgIpc) is 3.62. The van der Waals surface area contributed by atoms with Gasteiger partial charge in [-0.2, -0.15) is 0 Å². The molecule has 6 rings (SSSR count). The molecule has 3 heterocycles. The van der Waals surface area contributed by atoms with E-state index in [1.807, 2.05) is 29.4 Å². The summed E-state index contributed by atoms with van der Waals surface area (Å²) in [4.78, 5) is 26.6. The zero-order valence-electron chi connectivity index (χ0n) is 18.0. The highest BCUT2D eigenvalue weighted by Crippen LogP contribution is 2.57. The van der Waals surface area contributed by atoms with Crippen LogP contribution in [0.1, 0.15) is 40.7 Å². The minimum atomic E-state index is 0.0733. The van der Waals surface area contributed by atoms with Gasteiger partial charge in [0.05, 0.1) is 13.2 Å². The topological polar surface area (TPSA) is 58.6 Å². The summed E-state index contributed by atoms with van der Waals surface area (Å²) in [6, 6.07) is 6.18. The summed E-state index contributed by atoms with van der Waals surface area (Å²) in [7, 11) is 0. The lowest BCUT2D eigenvalue weighted by atomic mass is 9.97. The predicted octanol–water partition coefficient (Wildman–Crippen LogP) is 4.03. The zero-order chi connectivity index (χ0) is 21.5. The van der Waals surface area contributed by atoms with Crippen molar-refractivity contribution in [1.29, 1.82) is 0 Å². The van der Waals surface area contributed by atoms with Crippen molar-refractivity contribution >= 4 is 23.1 Å². The molecule has 0 atom stereocenters. The Labute approximate surface area is 187 Å². The van der Waals surface area contributed by atoms with Gasteiger partial charge in [-0.25, -0.2) is 9.97 Å². The normalized spacial score (nSPS) is 20.8. The highest BCUT2D eigenvalue weighted by atomic mass is 16.5. The number of morpholine rings is 1. The van der Waals surface area contributed by atoms with Gasteiger partial charge in [-0.3, -0.25) is 4.79 Å². The van der Waals surface area contributed by atoms with Crippen molar-refractivity contribution in [2.45, 2.75) is 24.7 Å². The maximum absolute atomic E-state index is 13.1. The number of allylic oxidation sites excluding steroid dienone is 6. The molecule has 1 amide bonds. The van der Waals surface area contributed by atoms with E-state index in [9.17, 15) is 4.79 Å². The van der Waals surface area contributed by atoms with Gasteiger partial charge in [0.2, 0.25) is 5.95 Å². The lowest BCUT2D eigenvalue weighted by Gasteiger charge is -2.27. The van der Waals surface area contributed by atoms with Gasteiger partial charge in [-0.15, -0.1) is 0 Å². The monoisotopic (exact) mass is 426 g/mol. The van der Waals surface area contributed by atoms with Gasteiger partial charge in [0.15, 0.2) is 0 Å². The summed E-state index contributed by atoms with van der Waals surface area (Å²) in [5.41, 5.74) is 5.44. The second-order valence-corrected chi connectivity index (χ2v) is 8.96. The Morgan fingerprint density at radius 2 is 1.88 bits per heavy atom. The highest BCUT2D eigenvalue weighted by Gasteiger charge is 2.52. The van der Waals surface area contributed by atoms with Gasteiger partial charge in [0.25, 0.3) is 5.91 Å². The van der Waals surface area contributed by atoms with Crippen LogP contribution in [0.4, 0.5) is 11.6 Å². The first kappa shape index (κ1) is 19.4. The number of fused-ring (bicyclic) bond motifs is 2. The number of anilines is 2. The minimum Gasteiger partial charge on any atom is -0.378 e. The molecular formula is C26H26N4O2. The van der Waals surface area contributed by atoms with Gasteiger partial charge in [-0.1, -0.05) is 36.4 Å². The van der Waals surface area contributed by atoms with E-state index >= 15 is 0 Å². The highest BCUT2D eigenvalue weighted by molar-refractivity contribution is 5.96. The first-order chi connectivity index (χ1) is 15.7. The van der Waals surface area contributed by atoms with Crippen LogP contribution < -0.4 is 4.90 Å². The van der Waals surface area contributed by atoms with Gasteiger partial charge in [-0.05, 0) is 42.5 Å². The van der Waals surface area contributed by atoms with Gasteiger partial charge in [0, 0.05) is 54.3 Å². The fraction of sp³-hybridized carbons (Fsp3) is 0.346. The molecule has 1 saturated carbocycles. The number of hydrogen-bond acceptors (Lipinski definition) is 5. The van der Waals surface area contributed by atoms with Crippen LogP contribution in [0.25, 0.3) is 5.57 Å². The van der Waals surface area contributed by atoms with Crippen molar-refractivity contribution in [2.24, 2.45) is 0 Å². The molecule has 0 N–H and O–H groups in total. The second kappa shape index (κ2) is 7.71. The van der Waals surface area contributed by atoms with Crippen LogP contribution in [0.3, 0.4) is 0 Å². The summed E-state index contributed by atoms with van der Waals surface area (Å²) in [5.74, 6) is 0.771. The Bertz CT molecular complexity index is 1140. The molecule has 4 aliphatic rings. The fourth-order valence-corrected chi connectivity index (χ4v) is 4.90. The van der Waals surface area contributed by atoms with E-state index in [4.69, 9.17) is 14.7 Å². The molecule has 0 unspecified atom stereocenters. The number of aromatic nitrogens is 2. The van der Waals surface area contributed by atoms with Crippen molar-refractivity contribution in [1.82, 2.24) is 14.9 Å². The summed E-state index contributed by atoms with van der Waals surface area (Å²) in [5, 5.41) is 0. The maximum Gasteiger partial charge on any atom is 0.254 e. The van der Waals surface area contributed by atoms with Crippen LogP contribution in [0, 0.1) is 0 Å². The van der Waals surface area contributed by atoms with Crippen molar-refractivity contribution in [3.8, 4) is 0 Å². The molecule has 162 valence electrons. The van der Waals surface area contributed by atoms with Crippen molar-refractivity contribution in [3.05, 3.63) is 77.7 Å². The molecule has 1 aromatic carbocycles. The predicted molar refractivity (Wildman–Crippen MR) is 124 cm³/mol. The van der Waals surface area contributed by atoms with E-state index in [2.05, 4.69) is 41.3 Å². The Morgan fingerprint density at radius 3 is 2.66 bits per heavy atom. The van der Waals surface area contributed by atoms with Gasteiger partial charge < -0.3 is 14.5 Å². The average molecular weight is 427 g/mol. The Hall–Kier alpha value is -3.25. The number of rotatable bonds is 3. The Morgan fingerprint density at radius 1 is 1.06 bits per heavy atom. The van der Waals surface area contributed by atoms with Crippen LogP contribution in [0.5, 0.6) is 0 Å². The van der Waals surface area contributed by atoms with Crippen LogP contribution in [-0.2, 0) is 10.2 Å². The van der Waals surface area contributed by atoms with Crippen LogP contribution in [-0.4, -0.2) is 53.6 Å². The SMILES string of the molecule is O=C(c1ccc2c(c1)N(c1ncc(C3=CC=CCC=C3)cn1)CC21CC1)N1CCOCC1. The standard InChI is InChI=1S/C26H26N4O2/c31-24(29-11-13-32-14-12-29)20-7-8-22-23(15-20)30(18-26(22)9-10-26)25-27-16-21(17-28-25)19-5-3-1-2-4-6-19/h1,3-8,15-17H,2,9-14,18H2. The molecule has 2 fully saturated rings.